The molecule has 0 aromatic carbocycles. The number of carbonyl (C=O) groups excluding carboxylic acids is 2. The predicted octanol–water partition coefficient (Wildman–Crippen LogP) is 2.27. The number of aromatic nitrogens is 4. The van der Waals surface area contributed by atoms with E-state index in [-0.39, 0.29) is 35.5 Å². The fourth-order valence-electron chi connectivity index (χ4n) is 4.73. The van der Waals surface area contributed by atoms with E-state index >= 15 is 0 Å². The van der Waals surface area contributed by atoms with Gasteiger partial charge in [-0.15, -0.1) is 0 Å². The summed E-state index contributed by atoms with van der Waals surface area (Å²) in [6, 6.07) is 0.231. The van der Waals surface area contributed by atoms with Gasteiger partial charge in [-0.2, -0.15) is 9.97 Å². The molecule has 4 N–H and O–H groups in total. The Labute approximate surface area is 253 Å². The van der Waals surface area contributed by atoms with Crippen LogP contribution < -0.4 is 5.32 Å². The number of halogens is 1. The third-order valence-electron chi connectivity index (χ3n) is 6.97. The molecular formula is C25H38ClN6O10P. The lowest BCUT2D eigenvalue weighted by Crippen LogP contribution is -2.41. The zero-order valence-electron chi connectivity index (χ0n) is 24.4. The maximum atomic E-state index is 12.7. The molecule has 3 heterocycles. The van der Waals surface area contributed by atoms with Crippen LogP contribution in [0.15, 0.2) is 6.33 Å². The molecule has 1 unspecified atom stereocenters. The molecule has 5 atom stereocenters. The van der Waals surface area contributed by atoms with E-state index in [2.05, 4.69) is 25.0 Å². The Morgan fingerprint density at radius 1 is 1.21 bits per heavy atom. The van der Waals surface area contributed by atoms with Crippen molar-refractivity contribution in [1.29, 1.82) is 0 Å². The molecule has 1 aliphatic carbocycles. The fraction of sp³-hybridized carbons (Fsp3) is 0.720. The minimum absolute atomic E-state index is 0.0347. The average molecular weight is 649 g/mol. The quantitative estimate of drug-likeness (QED) is 0.119. The number of anilines is 1. The molecule has 1 amide bonds. The van der Waals surface area contributed by atoms with Crippen molar-refractivity contribution < 1.29 is 48.0 Å². The predicted molar refractivity (Wildman–Crippen MR) is 152 cm³/mol. The number of ether oxygens (including phenoxy) is 3. The Morgan fingerprint density at radius 2 is 1.91 bits per heavy atom. The summed E-state index contributed by atoms with van der Waals surface area (Å²) in [4.78, 5) is 48.3. The molecule has 1 saturated heterocycles. The first-order valence-corrected chi connectivity index (χ1v) is 16.0. The number of hydrogen-bond acceptors (Lipinski definition) is 13. The minimum Gasteiger partial charge on any atom is -0.434 e. The zero-order chi connectivity index (χ0) is 31.5. The van der Waals surface area contributed by atoms with Gasteiger partial charge >= 0.3 is 13.8 Å². The number of aliphatic hydroxyl groups excluding tert-OH is 2. The highest BCUT2D eigenvalue weighted by atomic mass is 35.5. The van der Waals surface area contributed by atoms with E-state index in [0.717, 1.165) is 30.6 Å². The first-order chi connectivity index (χ1) is 20.1. The van der Waals surface area contributed by atoms with Crippen LogP contribution >= 0.6 is 19.2 Å². The van der Waals surface area contributed by atoms with Crippen LogP contribution in [0.3, 0.4) is 0 Å². The molecule has 4 rings (SSSR count). The van der Waals surface area contributed by atoms with Crippen molar-refractivity contribution in [3.63, 3.8) is 0 Å². The van der Waals surface area contributed by atoms with Crippen molar-refractivity contribution in [3.05, 3.63) is 11.6 Å². The molecule has 1 saturated carbocycles. The van der Waals surface area contributed by atoms with Gasteiger partial charge in [0.1, 0.15) is 24.5 Å². The summed E-state index contributed by atoms with van der Waals surface area (Å²) < 4.78 is 33.9. The van der Waals surface area contributed by atoms with Crippen molar-refractivity contribution in [2.45, 2.75) is 77.0 Å². The number of nitrogens with one attached hydrogen (secondary N) is 1. The van der Waals surface area contributed by atoms with E-state index in [4.69, 9.17) is 25.6 Å². The summed E-state index contributed by atoms with van der Waals surface area (Å²) in [5, 5.41) is 24.8. The van der Waals surface area contributed by atoms with Crippen LogP contribution in [0.1, 0.15) is 52.7 Å². The number of aliphatic hydroxyl groups is 2. The van der Waals surface area contributed by atoms with Gasteiger partial charge < -0.3 is 39.5 Å². The van der Waals surface area contributed by atoms with Gasteiger partial charge in [0.25, 0.3) is 0 Å². The summed E-state index contributed by atoms with van der Waals surface area (Å²) in [7, 11) is -3.17. The van der Waals surface area contributed by atoms with E-state index in [0.29, 0.717) is 11.3 Å². The van der Waals surface area contributed by atoms with Crippen LogP contribution in [0.25, 0.3) is 11.2 Å². The summed E-state index contributed by atoms with van der Waals surface area (Å²) in [6.45, 7) is 4.45. The molecule has 43 heavy (non-hydrogen) atoms. The molecule has 0 bridgehead atoms. The van der Waals surface area contributed by atoms with Crippen LogP contribution in [0.2, 0.25) is 5.28 Å². The number of imidazole rings is 1. The lowest BCUT2D eigenvalue weighted by atomic mass is 9.99. The highest BCUT2D eigenvalue weighted by Gasteiger charge is 2.45. The van der Waals surface area contributed by atoms with Gasteiger partial charge in [-0.05, 0) is 29.9 Å². The van der Waals surface area contributed by atoms with Crippen molar-refractivity contribution >= 4 is 48.2 Å². The van der Waals surface area contributed by atoms with Crippen LogP contribution in [0.5, 0.6) is 0 Å². The average Bonchev–Trinajstić information content (AvgIpc) is 3.63. The summed E-state index contributed by atoms with van der Waals surface area (Å²) in [6.07, 6.45) is -1.45. The Balaban J connectivity index is 1.33. The maximum Gasteiger partial charge on any atom is 0.510 e. The van der Waals surface area contributed by atoms with E-state index < -0.39 is 57.2 Å². The molecule has 2 aliphatic rings. The number of nitrogens with zero attached hydrogens (tertiary/aromatic N) is 5. The van der Waals surface area contributed by atoms with Crippen LogP contribution in [-0.4, -0.2) is 109 Å². The van der Waals surface area contributed by atoms with Crippen molar-refractivity contribution in [2.24, 2.45) is 5.41 Å². The van der Waals surface area contributed by atoms with E-state index in [1.165, 1.54) is 17.9 Å². The molecule has 0 radical (unpaired) electrons. The minimum atomic E-state index is -4.50. The first-order valence-electron chi connectivity index (χ1n) is 13.8. The normalized spacial score (nSPS) is 24.2. The molecule has 1 aliphatic heterocycles. The Hall–Kier alpha value is -2.59. The zero-order valence-corrected chi connectivity index (χ0v) is 26.0. The van der Waals surface area contributed by atoms with Crippen molar-refractivity contribution in [1.82, 2.24) is 24.4 Å². The van der Waals surface area contributed by atoms with Crippen molar-refractivity contribution in [2.75, 3.05) is 38.5 Å². The van der Waals surface area contributed by atoms with Gasteiger partial charge in [0.15, 0.2) is 23.2 Å². The van der Waals surface area contributed by atoms with Gasteiger partial charge in [-0.25, -0.2) is 9.78 Å². The molecular weight excluding hydrogens is 611 g/mol. The second-order valence-electron chi connectivity index (χ2n) is 11.9. The van der Waals surface area contributed by atoms with E-state index in [9.17, 15) is 29.3 Å². The van der Waals surface area contributed by atoms with Crippen LogP contribution in [0, 0.1) is 5.41 Å². The number of hydrogen-bond donors (Lipinski definition) is 4. The highest BCUT2D eigenvalue weighted by molar-refractivity contribution is 7.53. The largest absolute Gasteiger partial charge is 0.510 e. The van der Waals surface area contributed by atoms with Gasteiger partial charge in [0, 0.05) is 19.6 Å². The molecule has 18 heteroatoms. The highest BCUT2D eigenvalue weighted by Crippen LogP contribution is 2.42. The molecule has 16 nitrogen and oxygen atoms in total. The van der Waals surface area contributed by atoms with Gasteiger partial charge in [0.05, 0.1) is 12.9 Å². The maximum absolute atomic E-state index is 12.7. The number of rotatable bonds is 11. The molecule has 2 aromatic heterocycles. The number of likely N-dealkylation sites (N-methyl/N-ethyl adjacent to an activating group) is 1. The van der Waals surface area contributed by atoms with Crippen molar-refractivity contribution in [3.8, 4) is 0 Å². The smallest absolute Gasteiger partial charge is 0.434 e. The fourth-order valence-corrected chi connectivity index (χ4v) is 5.79. The molecule has 2 fully saturated rings. The third-order valence-corrected chi connectivity index (χ3v) is 8.32. The summed E-state index contributed by atoms with van der Waals surface area (Å²) in [5.41, 5.74) is 0.396. The number of amides is 1. The lowest BCUT2D eigenvalue weighted by Gasteiger charge is -2.24. The SMILES string of the molecule is CN(C[C@H]1O[C@@H](n2cnc3c(NC4CCCC4)nc(Cl)nc32)[C@H](O)[C@@H]1O)C(=O)CP(=O)(O)OCOC(=O)OCC(C)(C)C. The van der Waals surface area contributed by atoms with E-state index in [1.807, 2.05) is 20.8 Å². The van der Waals surface area contributed by atoms with Gasteiger partial charge in [-0.1, -0.05) is 33.6 Å². The summed E-state index contributed by atoms with van der Waals surface area (Å²) in [5.74, 6) is -0.358. The molecule has 240 valence electrons. The third kappa shape index (κ3) is 8.75. The lowest BCUT2D eigenvalue weighted by molar-refractivity contribution is -0.130. The Bertz CT molecular complexity index is 1350. The van der Waals surface area contributed by atoms with E-state index in [1.54, 1.807) is 0 Å². The number of fused-ring (bicyclic) bond motifs is 1. The standard InChI is InChI=1S/C25H38ClN6O10P/c1-25(2,3)11-39-24(36)40-13-41-43(37,38)10-16(33)31(4)9-15-18(34)19(35)22(42-15)32-12-27-17-20(28-14-7-5-6-8-14)29-23(26)30-21(17)32/h12,14-15,18-19,22,34-35H,5-11,13H2,1-4H3,(H,37,38)(H,28,29,30)/t15-,18-,19-,22-/m1/s1. The molecule has 0 spiro atoms. The van der Waals surface area contributed by atoms with Gasteiger partial charge in [0.2, 0.25) is 18.0 Å². The van der Waals surface area contributed by atoms with Gasteiger partial charge in [-0.3, -0.25) is 18.5 Å². The van der Waals surface area contributed by atoms with Crippen LogP contribution in [0.4, 0.5) is 10.6 Å². The monoisotopic (exact) mass is 648 g/mol. The number of carbonyl (C=O) groups is 2. The second kappa shape index (κ2) is 13.6. The second-order valence-corrected chi connectivity index (χ2v) is 14.1. The Morgan fingerprint density at radius 3 is 2.58 bits per heavy atom. The summed E-state index contributed by atoms with van der Waals surface area (Å²) >= 11 is 6.19. The van der Waals surface area contributed by atoms with Crippen LogP contribution in [-0.2, 0) is 28.1 Å². The topological polar surface area (TPSA) is 208 Å². The Kier molecular flexibility index (Phi) is 10.5. The first kappa shape index (κ1) is 33.3. The molecule has 2 aromatic rings.